The van der Waals surface area contributed by atoms with Crippen LogP contribution in [0.15, 0.2) is 18.2 Å². The number of rotatable bonds is 5. The SMILES string of the molecule is CN(CC(=O)NCc1cccc(Cl)c1F)C1(O)COC1. The minimum atomic E-state index is -1.08. The third-order valence-electron chi connectivity index (χ3n) is 3.27. The number of ether oxygens (including phenoxy) is 1. The van der Waals surface area contributed by atoms with E-state index in [4.69, 9.17) is 16.3 Å². The fraction of sp³-hybridized carbons (Fsp3) is 0.462. The fourth-order valence-electron chi connectivity index (χ4n) is 1.80. The van der Waals surface area contributed by atoms with E-state index in [1.165, 1.54) is 11.0 Å². The molecule has 2 rings (SSSR count). The number of nitrogens with one attached hydrogen (secondary N) is 1. The molecule has 1 amide bonds. The summed E-state index contributed by atoms with van der Waals surface area (Å²) in [7, 11) is 1.63. The van der Waals surface area contributed by atoms with Crippen molar-refractivity contribution in [2.24, 2.45) is 0 Å². The van der Waals surface area contributed by atoms with Crippen LogP contribution in [0.4, 0.5) is 4.39 Å². The van der Waals surface area contributed by atoms with Gasteiger partial charge >= 0.3 is 0 Å². The van der Waals surface area contributed by atoms with E-state index in [2.05, 4.69) is 5.32 Å². The van der Waals surface area contributed by atoms with Crippen molar-refractivity contribution in [1.82, 2.24) is 10.2 Å². The number of hydrogen-bond donors (Lipinski definition) is 2. The van der Waals surface area contributed by atoms with Gasteiger partial charge in [-0.05, 0) is 13.1 Å². The van der Waals surface area contributed by atoms with E-state index in [-0.39, 0.29) is 37.2 Å². The van der Waals surface area contributed by atoms with E-state index in [1.54, 1.807) is 19.2 Å². The van der Waals surface area contributed by atoms with Crippen LogP contribution in [-0.2, 0) is 16.1 Å². The number of amides is 1. The van der Waals surface area contributed by atoms with Crippen molar-refractivity contribution in [3.63, 3.8) is 0 Å². The number of halogens is 2. The van der Waals surface area contributed by atoms with Crippen molar-refractivity contribution < 1.29 is 19.0 Å². The van der Waals surface area contributed by atoms with Crippen LogP contribution < -0.4 is 5.32 Å². The Morgan fingerprint density at radius 1 is 1.60 bits per heavy atom. The second-order valence-electron chi connectivity index (χ2n) is 4.82. The molecule has 7 heteroatoms. The molecule has 0 bridgehead atoms. The second kappa shape index (κ2) is 6.05. The Kier molecular flexibility index (Phi) is 4.59. The lowest BCUT2D eigenvalue weighted by atomic mass is 10.1. The van der Waals surface area contributed by atoms with Gasteiger partial charge in [0.2, 0.25) is 5.91 Å². The maximum Gasteiger partial charge on any atom is 0.234 e. The smallest absolute Gasteiger partial charge is 0.234 e. The number of aliphatic hydroxyl groups is 1. The molecule has 1 saturated heterocycles. The van der Waals surface area contributed by atoms with E-state index < -0.39 is 11.5 Å². The van der Waals surface area contributed by atoms with Gasteiger partial charge < -0.3 is 15.2 Å². The monoisotopic (exact) mass is 302 g/mol. The Hall–Kier alpha value is -1.21. The highest BCUT2D eigenvalue weighted by Gasteiger charge is 2.40. The summed E-state index contributed by atoms with van der Waals surface area (Å²) >= 11 is 5.66. The highest BCUT2D eigenvalue weighted by atomic mass is 35.5. The summed E-state index contributed by atoms with van der Waals surface area (Å²) in [5, 5.41) is 12.5. The first kappa shape index (κ1) is 15.2. The molecule has 0 aliphatic carbocycles. The molecule has 0 atom stereocenters. The Morgan fingerprint density at radius 2 is 2.30 bits per heavy atom. The lowest BCUT2D eigenvalue weighted by Crippen LogP contribution is -2.62. The third kappa shape index (κ3) is 3.27. The molecule has 0 radical (unpaired) electrons. The Balaban J connectivity index is 1.84. The van der Waals surface area contributed by atoms with E-state index in [0.717, 1.165) is 0 Å². The first-order chi connectivity index (χ1) is 9.42. The number of carbonyl (C=O) groups excluding carboxylic acids is 1. The van der Waals surface area contributed by atoms with Gasteiger partial charge in [-0.15, -0.1) is 0 Å². The van der Waals surface area contributed by atoms with Crippen LogP contribution in [0.1, 0.15) is 5.56 Å². The van der Waals surface area contributed by atoms with Crippen molar-refractivity contribution in [3.8, 4) is 0 Å². The van der Waals surface area contributed by atoms with Crippen molar-refractivity contribution in [2.45, 2.75) is 12.3 Å². The third-order valence-corrected chi connectivity index (χ3v) is 3.56. The minimum absolute atomic E-state index is 0.00203. The van der Waals surface area contributed by atoms with Gasteiger partial charge in [0.15, 0.2) is 5.72 Å². The van der Waals surface area contributed by atoms with Gasteiger partial charge in [0.25, 0.3) is 0 Å². The van der Waals surface area contributed by atoms with Crippen LogP contribution in [-0.4, -0.2) is 48.4 Å². The molecule has 0 saturated carbocycles. The summed E-state index contributed by atoms with van der Waals surface area (Å²) in [5.41, 5.74) is -0.766. The summed E-state index contributed by atoms with van der Waals surface area (Å²) in [6.07, 6.45) is 0. The first-order valence-electron chi connectivity index (χ1n) is 6.13. The van der Waals surface area contributed by atoms with Gasteiger partial charge in [0.05, 0.1) is 24.8 Å². The second-order valence-corrected chi connectivity index (χ2v) is 5.23. The van der Waals surface area contributed by atoms with Crippen molar-refractivity contribution in [2.75, 3.05) is 26.8 Å². The molecule has 20 heavy (non-hydrogen) atoms. The van der Waals surface area contributed by atoms with Crippen LogP contribution in [0.2, 0.25) is 5.02 Å². The summed E-state index contributed by atoms with van der Waals surface area (Å²) in [6.45, 7) is 0.412. The van der Waals surface area contributed by atoms with Gasteiger partial charge in [0, 0.05) is 12.1 Å². The maximum absolute atomic E-state index is 13.6. The van der Waals surface area contributed by atoms with E-state index in [0.29, 0.717) is 5.56 Å². The van der Waals surface area contributed by atoms with Crippen molar-refractivity contribution >= 4 is 17.5 Å². The molecule has 1 aromatic rings. The summed E-state index contributed by atoms with van der Waals surface area (Å²) in [4.78, 5) is 13.2. The van der Waals surface area contributed by atoms with Crippen LogP contribution in [0.3, 0.4) is 0 Å². The van der Waals surface area contributed by atoms with Crippen molar-refractivity contribution in [1.29, 1.82) is 0 Å². The Morgan fingerprint density at radius 3 is 2.90 bits per heavy atom. The molecule has 0 spiro atoms. The molecule has 1 fully saturated rings. The zero-order valence-electron chi connectivity index (χ0n) is 11.0. The number of carbonyl (C=O) groups is 1. The largest absolute Gasteiger partial charge is 0.372 e. The number of benzene rings is 1. The number of likely N-dealkylation sites (N-methyl/N-ethyl adjacent to an activating group) is 1. The zero-order chi connectivity index (χ0) is 14.8. The van der Waals surface area contributed by atoms with E-state index >= 15 is 0 Å². The molecular weight excluding hydrogens is 287 g/mol. The summed E-state index contributed by atoms with van der Waals surface area (Å²) in [5.74, 6) is -0.846. The summed E-state index contributed by atoms with van der Waals surface area (Å²) in [6, 6.07) is 4.62. The molecule has 1 aliphatic heterocycles. The molecule has 1 aliphatic rings. The van der Waals surface area contributed by atoms with Crippen LogP contribution in [0.5, 0.6) is 0 Å². The molecule has 2 N–H and O–H groups in total. The highest BCUT2D eigenvalue weighted by molar-refractivity contribution is 6.30. The first-order valence-corrected chi connectivity index (χ1v) is 6.51. The normalized spacial score (nSPS) is 16.9. The predicted molar refractivity (Wildman–Crippen MR) is 71.7 cm³/mol. The lowest BCUT2D eigenvalue weighted by molar-refractivity contribution is -0.250. The van der Waals surface area contributed by atoms with Crippen LogP contribution in [0.25, 0.3) is 0 Å². The molecule has 1 heterocycles. The summed E-state index contributed by atoms with van der Waals surface area (Å²) < 4.78 is 18.5. The van der Waals surface area contributed by atoms with Crippen molar-refractivity contribution in [3.05, 3.63) is 34.6 Å². The number of nitrogens with zero attached hydrogens (tertiary/aromatic N) is 1. The Bertz CT molecular complexity index is 508. The topological polar surface area (TPSA) is 61.8 Å². The van der Waals surface area contributed by atoms with E-state index in [9.17, 15) is 14.3 Å². The van der Waals surface area contributed by atoms with Gasteiger partial charge in [0.1, 0.15) is 5.82 Å². The van der Waals surface area contributed by atoms with Crippen LogP contribution >= 0.6 is 11.6 Å². The minimum Gasteiger partial charge on any atom is -0.372 e. The van der Waals surface area contributed by atoms with Gasteiger partial charge in [-0.1, -0.05) is 23.7 Å². The average molecular weight is 303 g/mol. The molecule has 0 unspecified atom stereocenters. The molecular formula is C13H16ClFN2O3. The lowest BCUT2D eigenvalue weighted by Gasteiger charge is -2.43. The van der Waals surface area contributed by atoms with Gasteiger partial charge in [-0.2, -0.15) is 0 Å². The highest BCUT2D eigenvalue weighted by Crippen LogP contribution is 2.20. The molecule has 1 aromatic carbocycles. The van der Waals surface area contributed by atoms with E-state index in [1.807, 2.05) is 0 Å². The molecule has 110 valence electrons. The molecule has 0 aromatic heterocycles. The average Bonchev–Trinajstić information content (AvgIpc) is 2.37. The predicted octanol–water partition coefficient (Wildman–Crippen LogP) is 0.746. The molecule has 5 nitrogen and oxygen atoms in total. The maximum atomic E-state index is 13.6. The number of hydrogen-bond acceptors (Lipinski definition) is 4. The standard InChI is InChI=1S/C13H16ClFN2O3/c1-17(13(19)7-20-8-13)6-11(18)16-5-9-3-2-4-10(14)12(9)15/h2-4,19H,5-8H2,1H3,(H,16,18). The quantitative estimate of drug-likeness (QED) is 0.788. The Labute approximate surface area is 121 Å². The van der Waals surface area contributed by atoms with Gasteiger partial charge in [-0.25, -0.2) is 4.39 Å². The zero-order valence-corrected chi connectivity index (χ0v) is 11.8. The van der Waals surface area contributed by atoms with Gasteiger partial charge in [-0.3, -0.25) is 9.69 Å². The van der Waals surface area contributed by atoms with Crippen LogP contribution in [0, 0.1) is 5.82 Å². The fourth-order valence-corrected chi connectivity index (χ4v) is 2.00.